The highest BCUT2D eigenvalue weighted by Gasteiger charge is 2.25. The molecule has 0 unspecified atom stereocenters. The Morgan fingerprint density at radius 2 is 1.80 bits per heavy atom. The standard InChI is InChI=1S/C25H35N3O2/c1-19(2)30-24-13-11-21(12-14-24)16-26-25(29)28(18-23-6-5-15-27(23)4)17-22-9-7-20(3)8-10-22/h7-14,19,23H,5-6,15-18H2,1-4H3,(H,26,29)/t23-/m1/s1. The number of rotatable bonds is 8. The smallest absolute Gasteiger partial charge is 0.318 e. The average Bonchev–Trinajstić information content (AvgIpc) is 3.12. The van der Waals surface area contributed by atoms with Crippen molar-refractivity contribution < 1.29 is 9.53 Å². The highest BCUT2D eigenvalue weighted by molar-refractivity contribution is 5.74. The van der Waals surface area contributed by atoms with Gasteiger partial charge in [-0.15, -0.1) is 0 Å². The van der Waals surface area contributed by atoms with Gasteiger partial charge >= 0.3 is 6.03 Å². The lowest BCUT2D eigenvalue weighted by atomic mass is 10.1. The first-order valence-electron chi connectivity index (χ1n) is 10.9. The SMILES string of the molecule is Cc1ccc(CN(C[C@H]2CCCN2C)C(=O)NCc2ccc(OC(C)C)cc2)cc1. The Bertz CT molecular complexity index is 802. The summed E-state index contributed by atoms with van der Waals surface area (Å²) >= 11 is 0. The van der Waals surface area contributed by atoms with Crippen LogP contribution in [0.3, 0.4) is 0 Å². The number of benzene rings is 2. The van der Waals surface area contributed by atoms with Crippen molar-refractivity contribution in [1.29, 1.82) is 0 Å². The topological polar surface area (TPSA) is 44.8 Å². The van der Waals surface area contributed by atoms with Crippen LogP contribution in [0.2, 0.25) is 0 Å². The van der Waals surface area contributed by atoms with Gasteiger partial charge < -0.3 is 19.9 Å². The maximum atomic E-state index is 13.1. The number of nitrogens with zero attached hydrogens (tertiary/aromatic N) is 2. The molecule has 2 aromatic rings. The molecular formula is C25H35N3O2. The summed E-state index contributed by atoms with van der Waals surface area (Å²) in [7, 11) is 2.15. The maximum absolute atomic E-state index is 13.1. The van der Waals surface area contributed by atoms with Crippen LogP contribution in [0.1, 0.15) is 43.4 Å². The highest BCUT2D eigenvalue weighted by Crippen LogP contribution is 2.18. The largest absolute Gasteiger partial charge is 0.491 e. The van der Waals surface area contributed by atoms with Crippen LogP contribution in [0.5, 0.6) is 5.75 Å². The zero-order valence-electron chi connectivity index (χ0n) is 18.7. The van der Waals surface area contributed by atoms with Gasteiger partial charge in [0.15, 0.2) is 0 Å². The van der Waals surface area contributed by atoms with E-state index in [0.29, 0.717) is 19.1 Å². The summed E-state index contributed by atoms with van der Waals surface area (Å²) in [4.78, 5) is 17.4. The molecule has 1 heterocycles. The molecule has 0 radical (unpaired) electrons. The lowest BCUT2D eigenvalue weighted by Crippen LogP contribution is -2.45. The first kappa shape index (κ1) is 22.2. The van der Waals surface area contributed by atoms with Crippen molar-refractivity contribution in [3.63, 3.8) is 0 Å². The van der Waals surface area contributed by atoms with Crippen LogP contribution in [0, 0.1) is 6.92 Å². The molecule has 3 rings (SSSR count). The lowest BCUT2D eigenvalue weighted by Gasteiger charge is -2.29. The summed E-state index contributed by atoms with van der Waals surface area (Å²) in [6.45, 7) is 9.09. The van der Waals surface area contributed by atoms with Crippen LogP contribution in [-0.4, -0.2) is 48.1 Å². The second-order valence-corrected chi connectivity index (χ2v) is 8.61. The number of ether oxygens (including phenoxy) is 1. The highest BCUT2D eigenvalue weighted by atomic mass is 16.5. The Morgan fingerprint density at radius 1 is 1.13 bits per heavy atom. The molecule has 2 aromatic carbocycles. The Labute approximate surface area is 181 Å². The number of nitrogens with one attached hydrogen (secondary N) is 1. The molecule has 2 amide bonds. The molecular weight excluding hydrogens is 374 g/mol. The predicted molar refractivity (Wildman–Crippen MR) is 122 cm³/mol. The molecule has 1 aliphatic heterocycles. The van der Waals surface area contributed by atoms with Crippen molar-refractivity contribution in [1.82, 2.24) is 15.1 Å². The van der Waals surface area contributed by atoms with E-state index < -0.39 is 0 Å². The molecule has 30 heavy (non-hydrogen) atoms. The van der Waals surface area contributed by atoms with Crippen LogP contribution in [0.15, 0.2) is 48.5 Å². The molecule has 0 bridgehead atoms. The fraction of sp³-hybridized carbons (Fsp3) is 0.480. The molecule has 0 saturated carbocycles. The van der Waals surface area contributed by atoms with Crippen molar-refractivity contribution in [2.45, 2.75) is 58.8 Å². The molecule has 1 saturated heterocycles. The number of carbonyl (C=O) groups excluding carboxylic acids is 1. The van der Waals surface area contributed by atoms with Crippen LogP contribution >= 0.6 is 0 Å². The van der Waals surface area contributed by atoms with Gasteiger partial charge in [-0.1, -0.05) is 42.0 Å². The molecule has 1 aliphatic rings. The van der Waals surface area contributed by atoms with Crippen LogP contribution < -0.4 is 10.1 Å². The molecule has 0 aliphatic carbocycles. The van der Waals surface area contributed by atoms with Gasteiger partial charge in [-0.25, -0.2) is 4.79 Å². The number of likely N-dealkylation sites (N-methyl/N-ethyl adjacent to an activating group) is 1. The maximum Gasteiger partial charge on any atom is 0.318 e. The average molecular weight is 410 g/mol. The van der Waals surface area contributed by atoms with Gasteiger partial charge in [-0.3, -0.25) is 0 Å². The van der Waals surface area contributed by atoms with E-state index in [1.807, 2.05) is 43.0 Å². The number of urea groups is 1. The zero-order chi connectivity index (χ0) is 21.5. The van der Waals surface area contributed by atoms with Crippen molar-refractivity contribution in [2.24, 2.45) is 0 Å². The van der Waals surface area contributed by atoms with E-state index >= 15 is 0 Å². The predicted octanol–water partition coefficient (Wildman–Crippen LogP) is 4.59. The second-order valence-electron chi connectivity index (χ2n) is 8.61. The van der Waals surface area contributed by atoms with E-state index in [9.17, 15) is 4.79 Å². The van der Waals surface area contributed by atoms with Gasteiger partial charge in [0.1, 0.15) is 5.75 Å². The van der Waals surface area contributed by atoms with Crippen molar-refractivity contribution in [3.8, 4) is 5.75 Å². The first-order chi connectivity index (χ1) is 14.4. The van der Waals surface area contributed by atoms with E-state index in [2.05, 4.69) is 48.5 Å². The third-order valence-corrected chi connectivity index (χ3v) is 5.62. The van der Waals surface area contributed by atoms with Gasteiger partial charge in [0.05, 0.1) is 6.10 Å². The van der Waals surface area contributed by atoms with Gasteiger partial charge in [0.25, 0.3) is 0 Å². The minimum Gasteiger partial charge on any atom is -0.491 e. The van der Waals surface area contributed by atoms with Crippen molar-refractivity contribution >= 4 is 6.03 Å². The summed E-state index contributed by atoms with van der Waals surface area (Å²) in [6, 6.07) is 16.8. The van der Waals surface area contributed by atoms with E-state index in [4.69, 9.17) is 4.74 Å². The molecule has 0 aromatic heterocycles. The number of amides is 2. The Balaban J connectivity index is 1.62. The van der Waals surface area contributed by atoms with Crippen LogP contribution in [-0.2, 0) is 13.1 Å². The third kappa shape index (κ3) is 6.49. The zero-order valence-corrected chi connectivity index (χ0v) is 18.7. The minimum atomic E-state index is -0.0154. The van der Waals surface area contributed by atoms with Crippen molar-refractivity contribution in [2.75, 3.05) is 20.1 Å². The number of likely N-dealkylation sites (tertiary alicyclic amines) is 1. The van der Waals surface area contributed by atoms with Crippen LogP contribution in [0.4, 0.5) is 4.79 Å². The summed E-state index contributed by atoms with van der Waals surface area (Å²) in [5, 5.41) is 3.11. The van der Waals surface area contributed by atoms with E-state index in [1.54, 1.807) is 0 Å². The molecule has 0 spiro atoms. The molecule has 162 valence electrons. The lowest BCUT2D eigenvalue weighted by molar-refractivity contribution is 0.172. The van der Waals surface area contributed by atoms with Gasteiger partial charge in [0, 0.05) is 25.7 Å². The van der Waals surface area contributed by atoms with E-state index in [0.717, 1.165) is 36.4 Å². The van der Waals surface area contributed by atoms with Gasteiger partial charge in [-0.05, 0) is 70.5 Å². The van der Waals surface area contributed by atoms with Crippen molar-refractivity contribution in [3.05, 3.63) is 65.2 Å². The summed E-state index contributed by atoms with van der Waals surface area (Å²) in [6.07, 6.45) is 2.50. The number of hydrogen-bond donors (Lipinski definition) is 1. The summed E-state index contributed by atoms with van der Waals surface area (Å²) in [5.74, 6) is 0.852. The van der Waals surface area contributed by atoms with Gasteiger partial charge in [0.2, 0.25) is 0 Å². The first-order valence-corrected chi connectivity index (χ1v) is 10.9. The molecule has 5 heteroatoms. The summed E-state index contributed by atoms with van der Waals surface area (Å²) in [5.41, 5.74) is 3.45. The molecule has 5 nitrogen and oxygen atoms in total. The Morgan fingerprint density at radius 3 is 2.40 bits per heavy atom. The van der Waals surface area contributed by atoms with Gasteiger partial charge in [-0.2, -0.15) is 0 Å². The summed E-state index contributed by atoms with van der Waals surface area (Å²) < 4.78 is 5.69. The number of hydrogen-bond acceptors (Lipinski definition) is 3. The molecule has 1 atom stereocenters. The fourth-order valence-corrected chi connectivity index (χ4v) is 3.84. The quantitative estimate of drug-likeness (QED) is 0.694. The second kappa shape index (κ2) is 10.5. The number of carbonyl (C=O) groups is 1. The van der Waals surface area contributed by atoms with E-state index in [-0.39, 0.29) is 12.1 Å². The van der Waals surface area contributed by atoms with Crippen LogP contribution in [0.25, 0.3) is 0 Å². The van der Waals surface area contributed by atoms with E-state index in [1.165, 1.54) is 12.0 Å². The minimum absolute atomic E-state index is 0.0154. The molecule has 1 N–H and O–H groups in total. The third-order valence-electron chi connectivity index (χ3n) is 5.62. The Hall–Kier alpha value is -2.53. The number of aryl methyl sites for hydroxylation is 1. The Kier molecular flexibility index (Phi) is 7.75. The molecule has 1 fully saturated rings. The fourth-order valence-electron chi connectivity index (χ4n) is 3.84. The normalized spacial score (nSPS) is 16.6. The monoisotopic (exact) mass is 409 g/mol.